The highest BCUT2D eigenvalue weighted by Crippen LogP contribution is 2.32. The second kappa shape index (κ2) is 7.63. The van der Waals surface area contributed by atoms with E-state index in [0.29, 0.717) is 11.4 Å². The summed E-state index contributed by atoms with van der Waals surface area (Å²) in [5, 5.41) is 0. The summed E-state index contributed by atoms with van der Waals surface area (Å²) in [5.41, 5.74) is 1.62. The lowest BCUT2D eigenvalue weighted by Crippen LogP contribution is -2.33. The van der Waals surface area contributed by atoms with Gasteiger partial charge in [-0.2, -0.15) is 8.42 Å². The van der Waals surface area contributed by atoms with Gasteiger partial charge < -0.3 is 9.64 Å². The molecule has 1 atom stereocenters. The predicted octanol–water partition coefficient (Wildman–Crippen LogP) is 3.87. The average molecular weight is 379 g/mol. The molecule has 5 nitrogen and oxygen atoms in total. The first-order valence-corrected chi connectivity index (χ1v) is 10.3. The number of hydrogen-bond donors (Lipinski definition) is 0. The van der Waals surface area contributed by atoms with Gasteiger partial charge >= 0.3 is 0 Å². The van der Waals surface area contributed by atoms with Crippen molar-refractivity contribution in [1.29, 1.82) is 0 Å². The molecule has 1 saturated heterocycles. The van der Waals surface area contributed by atoms with Gasteiger partial charge in [0, 0.05) is 18.3 Å². The molecule has 1 fully saturated rings. The Kier molecular flexibility index (Phi) is 5.48. The van der Waals surface area contributed by atoms with Crippen LogP contribution >= 0.6 is 0 Å². The van der Waals surface area contributed by atoms with E-state index in [2.05, 4.69) is 0 Å². The minimum absolute atomic E-state index is 0.0713. The smallest absolute Gasteiger partial charge is 0.264 e. The highest BCUT2D eigenvalue weighted by atomic mass is 32.2. The van der Waals surface area contributed by atoms with Crippen LogP contribution in [0.5, 0.6) is 11.5 Å². The molecule has 140 valence electrons. The first-order chi connectivity index (χ1) is 12.3. The maximum absolute atomic E-state index is 14.5. The molecule has 0 amide bonds. The second-order valence-electron chi connectivity index (χ2n) is 6.46. The lowest BCUT2D eigenvalue weighted by molar-refractivity contribution is 0.294. The fourth-order valence-corrected chi connectivity index (χ4v) is 3.50. The Morgan fingerprint density at radius 3 is 2.65 bits per heavy atom. The number of benzene rings is 2. The second-order valence-corrected chi connectivity index (χ2v) is 8.10. The number of nitrogens with zero attached hydrogens (tertiary/aromatic N) is 1. The quantitative estimate of drug-likeness (QED) is 0.713. The van der Waals surface area contributed by atoms with Crippen molar-refractivity contribution in [2.45, 2.75) is 25.8 Å². The maximum Gasteiger partial charge on any atom is 0.264 e. The van der Waals surface area contributed by atoms with Crippen LogP contribution in [0.15, 0.2) is 42.5 Å². The van der Waals surface area contributed by atoms with Crippen molar-refractivity contribution < 1.29 is 21.7 Å². The van der Waals surface area contributed by atoms with Crippen LogP contribution in [-0.4, -0.2) is 33.9 Å². The number of anilines is 1. The number of ether oxygens (including phenoxy) is 1. The standard InChI is InChI=1S/C19H22FNO4S/c1-14-6-3-4-8-18(14)25-19-10-9-15(12-17(19)20)21-11-5-7-16(21)13-24-26(2,22)23/h3-4,6,8-10,12,16H,5,7,11,13H2,1-2H3. The fraction of sp³-hybridized carbons (Fsp3) is 0.368. The molecule has 0 spiro atoms. The number of rotatable bonds is 6. The van der Waals surface area contributed by atoms with E-state index in [1.807, 2.05) is 30.0 Å². The summed E-state index contributed by atoms with van der Waals surface area (Å²) in [6.07, 6.45) is 2.74. The van der Waals surface area contributed by atoms with Gasteiger partial charge in [0.05, 0.1) is 18.9 Å². The Hall–Kier alpha value is -2.12. The van der Waals surface area contributed by atoms with Crippen molar-refractivity contribution in [1.82, 2.24) is 0 Å². The minimum Gasteiger partial charge on any atom is -0.454 e. The molecule has 0 N–H and O–H groups in total. The maximum atomic E-state index is 14.5. The van der Waals surface area contributed by atoms with Gasteiger partial charge in [0.15, 0.2) is 11.6 Å². The van der Waals surface area contributed by atoms with E-state index >= 15 is 0 Å². The topological polar surface area (TPSA) is 55.8 Å². The van der Waals surface area contributed by atoms with Crippen LogP contribution in [0.2, 0.25) is 0 Å². The highest BCUT2D eigenvalue weighted by molar-refractivity contribution is 7.85. The Bertz CT molecular complexity index is 885. The van der Waals surface area contributed by atoms with Crippen molar-refractivity contribution in [3.63, 3.8) is 0 Å². The summed E-state index contributed by atoms with van der Waals surface area (Å²) in [7, 11) is -3.49. The summed E-state index contributed by atoms with van der Waals surface area (Å²) in [6.45, 7) is 2.70. The molecule has 1 heterocycles. The predicted molar refractivity (Wildman–Crippen MR) is 98.8 cm³/mol. The third-order valence-corrected chi connectivity index (χ3v) is 4.98. The van der Waals surface area contributed by atoms with Gasteiger partial charge in [-0.3, -0.25) is 4.18 Å². The molecule has 2 aromatic rings. The van der Waals surface area contributed by atoms with Crippen LogP contribution in [0.1, 0.15) is 18.4 Å². The van der Waals surface area contributed by atoms with E-state index in [-0.39, 0.29) is 18.4 Å². The minimum atomic E-state index is -3.49. The molecule has 0 aliphatic carbocycles. The van der Waals surface area contributed by atoms with Gasteiger partial charge in [0.2, 0.25) is 0 Å². The van der Waals surface area contributed by atoms with E-state index in [0.717, 1.165) is 31.2 Å². The Morgan fingerprint density at radius 1 is 1.19 bits per heavy atom. The van der Waals surface area contributed by atoms with E-state index in [1.54, 1.807) is 18.2 Å². The summed E-state index contributed by atoms with van der Waals surface area (Å²) >= 11 is 0. The molecule has 3 rings (SSSR count). The Morgan fingerprint density at radius 2 is 1.96 bits per heavy atom. The zero-order valence-electron chi connectivity index (χ0n) is 14.8. The fourth-order valence-electron chi connectivity index (χ4n) is 3.09. The molecule has 0 saturated carbocycles. The molecule has 1 aliphatic heterocycles. The zero-order chi connectivity index (χ0) is 18.7. The van der Waals surface area contributed by atoms with E-state index in [4.69, 9.17) is 8.92 Å². The summed E-state index contributed by atoms with van der Waals surface area (Å²) in [4.78, 5) is 1.98. The summed E-state index contributed by atoms with van der Waals surface area (Å²) < 4.78 is 47.6. The van der Waals surface area contributed by atoms with Gasteiger partial charge in [-0.05, 0) is 43.5 Å². The van der Waals surface area contributed by atoms with Crippen molar-refractivity contribution in [2.24, 2.45) is 0 Å². The van der Waals surface area contributed by atoms with Crippen molar-refractivity contribution in [3.05, 3.63) is 53.8 Å². The molecule has 0 radical (unpaired) electrons. The SMILES string of the molecule is Cc1ccccc1Oc1ccc(N2CCCC2COS(C)(=O)=O)cc1F. The number of halogens is 1. The molecule has 2 aromatic carbocycles. The third kappa shape index (κ3) is 4.53. The first kappa shape index (κ1) is 18.7. The van der Waals surface area contributed by atoms with E-state index < -0.39 is 15.9 Å². The van der Waals surface area contributed by atoms with Crippen molar-refractivity contribution in [3.8, 4) is 11.5 Å². The largest absolute Gasteiger partial charge is 0.454 e. The third-order valence-electron chi connectivity index (χ3n) is 4.41. The van der Waals surface area contributed by atoms with Gasteiger partial charge in [-0.25, -0.2) is 4.39 Å². The lowest BCUT2D eigenvalue weighted by Gasteiger charge is -2.26. The number of para-hydroxylation sites is 1. The van der Waals surface area contributed by atoms with Crippen LogP contribution < -0.4 is 9.64 Å². The summed E-state index contributed by atoms with van der Waals surface area (Å²) in [6, 6.07) is 12.2. The average Bonchev–Trinajstić information content (AvgIpc) is 3.05. The molecule has 1 aliphatic rings. The van der Waals surface area contributed by atoms with E-state index in [9.17, 15) is 12.8 Å². The van der Waals surface area contributed by atoms with Gasteiger partial charge in [-0.15, -0.1) is 0 Å². The van der Waals surface area contributed by atoms with Crippen LogP contribution in [0, 0.1) is 12.7 Å². The van der Waals surface area contributed by atoms with Crippen LogP contribution in [0.3, 0.4) is 0 Å². The van der Waals surface area contributed by atoms with Gasteiger partial charge in [0.1, 0.15) is 5.75 Å². The monoisotopic (exact) mass is 379 g/mol. The number of aryl methyl sites for hydroxylation is 1. The Labute approximate surface area is 153 Å². The molecule has 1 unspecified atom stereocenters. The summed E-state index contributed by atoms with van der Waals surface area (Å²) in [5.74, 6) is 0.311. The zero-order valence-corrected chi connectivity index (χ0v) is 15.6. The van der Waals surface area contributed by atoms with Crippen molar-refractivity contribution in [2.75, 3.05) is 24.3 Å². The molecular formula is C19H22FNO4S. The van der Waals surface area contributed by atoms with Crippen LogP contribution in [-0.2, 0) is 14.3 Å². The molecule has 26 heavy (non-hydrogen) atoms. The van der Waals surface area contributed by atoms with Crippen molar-refractivity contribution >= 4 is 15.8 Å². The first-order valence-electron chi connectivity index (χ1n) is 8.47. The van der Waals surface area contributed by atoms with Crippen LogP contribution in [0.4, 0.5) is 10.1 Å². The molecular weight excluding hydrogens is 357 g/mol. The normalized spacial score (nSPS) is 17.5. The van der Waals surface area contributed by atoms with E-state index in [1.165, 1.54) is 6.07 Å². The number of hydrogen-bond acceptors (Lipinski definition) is 5. The molecule has 7 heteroatoms. The lowest BCUT2D eigenvalue weighted by atomic mass is 10.2. The molecule has 0 bridgehead atoms. The van der Waals surface area contributed by atoms with Crippen LogP contribution in [0.25, 0.3) is 0 Å². The molecule has 0 aromatic heterocycles. The van der Waals surface area contributed by atoms with Gasteiger partial charge in [-0.1, -0.05) is 18.2 Å². The highest BCUT2D eigenvalue weighted by Gasteiger charge is 2.27. The van der Waals surface area contributed by atoms with Gasteiger partial charge in [0.25, 0.3) is 10.1 Å². The Balaban J connectivity index is 1.75.